The first kappa shape index (κ1) is 23.9. The molecule has 1 aliphatic heterocycles. The molecular weight excluding hydrogens is 424 g/mol. The number of rotatable bonds is 4. The van der Waals surface area contributed by atoms with Crippen LogP contribution < -0.4 is 5.73 Å². The monoisotopic (exact) mass is 456 g/mol. The van der Waals surface area contributed by atoms with E-state index in [-0.39, 0.29) is 12.5 Å². The molecule has 7 nitrogen and oxygen atoms in total. The molecule has 1 aliphatic rings. The number of sulfonamides is 1. The highest BCUT2D eigenvalue weighted by Crippen LogP contribution is 2.31. The fourth-order valence-corrected chi connectivity index (χ4v) is 5.88. The van der Waals surface area contributed by atoms with Crippen LogP contribution >= 0.6 is 0 Å². The zero-order valence-electron chi connectivity index (χ0n) is 19.2. The number of hydrogen-bond donors (Lipinski definition) is 1. The minimum absolute atomic E-state index is 0.0654. The van der Waals surface area contributed by atoms with Gasteiger partial charge in [-0.1, -0.05) is 12.5 Å². The van der Waals surface area contributed by atoms with E-state index in [0.29, 0.717) is 18.0 Å². The Morgan fingerprint density at radius 3 is 2.34 bits per heavy atom. The molecule has 3 aromatic rings. The van der Waals surface area contributed by atoms with E-state index in [1.165, 1.54) is 0 Å². The van der Waals surface area contributed by atoms with Gasteiger partial charge in [-0.25, -0.2) is 8.42 Å². The largest absolute Gasteiger partial charge is 0.372 e. The van der Waals surface area contributed by atoms with Crippen LogP contribution in [0.15, 0.2) is 41.4 Å². The second-order valence-electron chi connectivity index (χ2n) is 8.33. The smallest absolute Gasteiger partial charge is 0.243 e. The number of nitrogens with zero attached hydrogens (tertiary/aromatic N) is 3. The molecular formula is C24H32N4O3S. The van der Waals surface area contributed by atoms with Crippen molar-refractivity contribution in [1.82, 2.24) is 13.9 Å². The van der Waals surface area contributed by atoms with Crippen LogP contribution in [0.25, 0.3) is 10.9 Å². The number of aryl methyl sites for hydroxylation is 3. The van der Waals surface area contributed by atoms with Crippen molar-refractivity contribution in [3.8, 4) is 0 Å². The predicted octanol–water partition coefficient (Wildman–Crippen LogP) is 3.85. The van der Waals surface area contributed by atoms with Crippen molar-refractivity contribution in [3.05, 3.63) is 59.0 Å². The molecule has 2 aromatic heterocycles. The molecule has 2 N–H and O–H groups in total. The number of hydrogen-bond acceptors (Lipinski definition) is 4. The number of fused-ring (bicyclic) bond motifs is 1. The molecule has 0 radical (unpaired) electrons. The molecule has 1 fully saturated rings. The molecule has 0 aliphatic carbocycles. The fraction of sp³-hybridized carbons (Fsp3) is 0.417. The maximum Gasteiger partial charge on any atom is 0.243 e. The molecule has 3 heterocycles. The Kier molecular flexibility index (Phi) is 7.36. The second-order valence-corrected chi connectivity index (χ2v) is 10.3. The molecule has 1 saturated heterocycles. The molecule has 1 amide bonds. The van der Waals surface area contributed by atoms with Gasteiger partial charge < -0.3 is 10.3 Å². The molecule has 0 bridgehead atoms. The normalized spacial score (nSPS) is 15.8. The highest BCUT2D eigenvalue weighted by atomic mass is 32.2. The lowest BCUT2D eigenvalue weighted by atomic mass is 10.1. The van der Waals surface area contributed by atoms with Crippen LogP contribution in [0.5, 0.6) is 0 Å². The third-order valence-corrected chi connectivity index (χ3v) is 7.94. The third kappa shape index (κ3) is 4.71. The fourth-order valence-electron chi connectivity index (χ4n) is 4.34. The quantitative estimate of drug-likeness (QED) is 0.603. The Labute approximate surface area is 190 Å². The number of nitrogens with two attached hydrogens (primary N) is 1. The van der Waals surface area contributed by atoms with E-state index >= 15 is 0 Å². The van der Waals surface area contributed by atoms with Crippen molar-refractivity contribution in [3.63, 3.8) is 0 Å². The minimum atomic E-state index is -3.43. The van der Waals surface area contributed by atoms with E-state index in [2.05, 4.69) is 36.4 Å². The molecule has 0 spiro atoms. The minimum Gasteiger partial charge on any atom is -0.372 e. The van der Waals surface area contributed by atoms with Gasteiger partial charge in [-0.15, -0.1) is 0 Å². The van der Waals surface area contributed by atoms with Crippen molar-refractivity contribution in [2.75, 3.05) is 13.1 Å². The van der Waals surface area contributed by atoms with Crippen molar-refractivity contribution in [1.29, 1.82) is 0 Å². The van der Waals surface area contributed by atoms with Gasteiger partial charge in [0.2, 0.25) is 16.4 Å². The van der Waals surface area contributed by atoms with Gasteiger partial charge in [0.1, 0.15) is 0 Å². The van der Waals surface area contributed by atoms with Crippen LogP contribution in [-0.4, -0.2) is 41.8 Å². The topological polar surface area (TPSA) is 98.3 Å². The third-order valence-electron chi connectivity index (χ3n) is 6.04. The summed E-state index contributed by atoms with van der Waals surface area (Å²) in [7, 11) is -3.43. The SMILES string of the molecule is Cc1ccc(C)c(C(C)n2cc(C)c3cc(S(=O)(=O)N4CCCCC4)ccc32)n1.NC=O. The van der Waals surface area contributed by atoms with Crippen LogP contribution in [0.4, 0.5) is 0 Å². The number of piperidine rings is 1. The summed E-state index contributed by atoms with van der Waals surface area (Å²) in [5.74, 6) is 0. The predicted molar refractivity (Wildman–Crippen MR) is 127 cm³/mol. The van der Waals surface area contributed by atoms with Gasteiger partial charge >= 0.3 is 0 Å². The maximum atomic E-state index is 13.1. The van der Waals surface area contributed by atoms with Crippen LogP contribution in [0, 0.1) is 20.8 Å². The molecule has 172 valence electrons. The highest BCUT2D eigenvalue weighted by molar-refractivity contribution is 7.89. The molecule has 32 heavy (non-hydrogen) atoms. The average Bonchev–Trinajstić information content (AvgIpc) is 3.12. The number of benzene rings is 1. The van der Waals surface area contributed by atoms with E-state index < -0.39 is 10.0 Å². The van der Waals surface area contributed by atoms with E-state index in [1.807, 2.05) is 32.0 Å². The number of carbonyl (C=O) groups excluding carboxylic acids is 1. The van der Waals surface area contributed by atoms with E-state index in [0.717, 1.165) is 52.7 Å². The first-order chi connectivity index (χ1) is 15.2. The lowest BCUT2D eigenvalue weighted by molar-refractivity contribution is -0.106. The molecule has 8 heteroatoms. The van der Waals surface area contributed by atoms with E-state index in [9.17, 15) is 8.42 Å². The van der Waals surface area contributed by atoms with Crippen molar-refractivity contribution < 1.29 is 13.2 Å². The Morgan fingerprint density at radius 2 is 1.69 bits per heavy atom. The number of pyridine rings is 1. The summed E-state index contributed by atoms with van der Waals surface area (Å²) in [5, 5.41) is 0.986. The van der Waals surface area contributed by atoms with Crippen molar-refractivity contribution in [2.24, 2.45) is 5.73 Å². The van der Waals surface area contributed by atoms with Gasteiger partial charge in [0, 0.05) is 35.9 Å². The number of primary amides is 1. The van der Waals surface area contributed by atoms with Gasteiger partial charge in [-0.05, 0) is 75.9 Å². The van der Waals surface area contributed by atoms with Gasteiger partial charge in [-0.3, -0.25) is 9.78 Å². The Balaban J connectivity index is 0.000000913. The number of amides is 1. The van der Waals surface area contributed by atoms with Gasteiger partial charge in [0.15, 0.2) is 0 Å². The van der Waals surface area contributed by atoms with Crippen LogP contribution in [0.3, 0.4) is 0 Å². The van der Waals surface area contributed by atoms with Gasteiger partial charge in [0.25, 0.3) is 0 Å². The summed E-state index contributed by atoms with van der Waals surface area (Å²) in [4.78, 5) is 13.7. The zero-order valence-corrected chi connectivity index (χ0v) is 20.0. The maximum absolute atomic E-state index is 13.1. The lowest BCUT2D eigenvalue weighted by Gasteiger charge is -2.26. The Bertz CT molecular complexity index is 1210. The number of carbonyl (C=O) groups is 1. The van der Waals surface area contributed by atoms with Crippen LogP contribution in [-0.2, 0) is 14.8 Å². The zero-order chi connectivity index (χ0) is 23.5. The van der Waals surface area contributed by atoms with Gasteiger partial charge in [0.05, 0.1) is 16.6 Å². The van der Waals surface area contributed by atoms with Gasteiger partial charge in [-0.2, -0.15) is 4.31 Å². The molecule has 4 rings (SSSR count). The first-order valence-corrected chi connectivity index (χ1v) is 12.4. The molecule has 1 aromatic carbocycles. The summed E-state index contributed by atoms with van der Waals surface area (Å²) in [6.07, 6.45) is 5.35. The van der Waals surface area contributed by atoms with Crippen molar-refractivity contribution in [2.45, 2.75) is 57.9 Å². The first-order valence-electron chi connectivity index (χ1n) is 10.9. The van der Waals surface area contributed by atoms with Crippen LogP contribution in [0.2, 0.25) is 0 Å². The highest BCUT2D eigenvalue weighted by Gasteiger charge is 2.27. The Morgan fingerprint density at radius 1 is 1.03 bits per heavy atom. The van der Waals surface area contributed by atoms with E-state index in [1.54, 1.807) is 10.4 Å². The van der Waals surface area contributed by atoms with Crippen molar-refractivity contribution >= 4 is 27.3 Å². The molecule has 0 saturated carbocycles. The summed E-state index contributed by atoms with van der Waals surface area (Å²) >= 11 is 0. The lowest BCUT2D eigenvalue weighted by Crippen LogP contribution is -2.35. The average molecular weight is 457 g/mol. The summed E-state index contributed by atoms with van der Waals surface area (Å²) < 4.78 is 30.0. The molecule has 1 unspecified atom stereocenters. The summed E-state index contributed by atoms with van der Waals surface area (Å²) in [6.45, 7) is 9.52. The van der Waals surface area contributed by atoms with E-state index in [4.69, 9.17) is 9.78 Å². The number of aromatic nitrogens is 2. The molecule has 1 atom stereocenters. The Hall–Kier alpha value is -2.71. The standard InChI is InChI=1S/C23H29N3O2S.CH3NO/c1-16-8-9-18(3)24-23(16)19(4)26-15-17(2)21-14-20(10-11-22(21)26)29(27,28)25-12-6-5-7-13-25;2-1-3/h8-11,14-15,19H,5-7,12-13H2,1-4H3;1H,(H2,2,3). The second kappa shape index (κ2) is 9.83. The summed E-state index contributed by atoms with van der Waals surface area (Å²) in [5.41, 5.74) is 9.49. The summed E-state index contributed by atoms with van der Waals surface area (Å²) in [6, 6.07) is 9.74. The van der Waals surface area contributed by atoms with Crippen LogP contribution in [0.1, 0.15) is 54.7 Å².